The highest BCUT2D eigenvalue weighted by molar-refractivity contribution is 5.85. The van der Waals surface area contributed by atoms with Gasteiger partial charge in [-0.3, -0.25) is 0 Å². The molecule has 0 bridgehead atoms. The van der Waals surface area contributed by atoms with Gasteiger partial charge in [-0.05, 0) is 42.9 Å². The molecule has 0 saturated heterocycles. The van der Waals surface area contributed by atoms with Gasteiger partial charge in [-0.2, -0.15) is 0 Å². The quantitative estimate of drug-likeness (QED) is 0.880. The zero-order valence-corrected chi connectivity index (χ0v) is 9.97. The van der Waals surface area contributed by atoms with Gasteiger partial charge in [0.25, 0.3) is 0 Å². The van der Waals surface area contributed by atoms with Crippen LogP contribution >= 0.6 is 0 Å². The SMILES string of the molecule is O=C(O)c1cn(-c2cccc3c2CCCC3)cn1. The van der Waals surface area contributed by atoms with Crippen LogP contribution in [0, 0.1) is 0 Å². The number of fused-ring (bicyclic) bond motifs is 1. The van der Waals surface area contributed by atoms with Gasteiger partial charge < -0.3 is 9.67 Å². The molecule has 1 aliphatic carbocycles. The first-order chi connectivity index (χ1) is 8.75. The van der Waals surface area contributed by atoms with Gasteiger partial charge in [-0.15, -0.1) is 0 Å². The van der Waals surface area contributed by atoms with Crippen molar-refractivity contribution in [2.75, 3.05) is 0 Å². The van der Waals surface area contributed by atoms with E-state index in [1.165, 1.54) is 24.0 Å². The molecule has 0 fully saturated rings. The number of aromatic nitrogens is 2. The van der Waals surface area contributed by atoms with Gasteiger partial charge in [0.1, 0.15) is 6.33 Å². The fraction of sp³-hybridized carbons (Fsp3) is 0.286. The van der Waals surface area contributed by atoms with Crippen molar-refractivity contribution >= 4 is 5.97 Å². The Bertz CT molecular complexity index is 602. The summed E-state index contributed by atoms with van der Waals surface area (Å²) in [5.74, 6) is -0.987. The van der Waals surface area contributed by atoms with Crippen LogP contribution in [-0.4, -0.2) is 20.6 Å². The maximum Gasteiger partial charge on any atom is 0.356 e. The van der Waals surface area contributed by atoms with Crippen molar-refractivity contribution in [2.24, 2.45) is 0 Å². The first kappa shape index (κ1) is 11.0. The average molecular weight is 242 g/mol. The van der Waals surface area contributed by atoms with E-state index in [9.17, 15) is 4.79 Å². The van der Waals surface area contributed by atoms with E-state index in [1.807, 2.05) is 16.7 Å². The molecule has 0 atom stereocenters. The number of rotatable bonds is 2. The molecule has 4 heteroatoms. The molecular formula is C14H14N2O2. The van der Waals surface area contributed by atoms with Gasteiger partial charge in [0.2, 0.25) is 0 Å². The smallest absolute Gasteiger partial charge is 0.356 e. The van der Waals surface area contributed by atoms with Gasteiger partial charge in [-0.1, -0.05) is 12.1 Å². The predicted octanol–water partition coefficient (Wildman–Crippen LogP) is 2.45. The van der Waals surface area contributed by atoms with E-state index >= 15 is 0 Å². The molecule has 0 amide bonds. The number of benzene rings is 1. The van der Waals surface area contributed by atoms with Crippen LogP contribution in [0.3, 0.4) is 0 Å². The number of carboxylic acids is 1. The van der Waals surface area contributed by atoms with E-state index in [1.54, 1.807) is 12.5 Å². The number of carboxylic acid groups (broad SMARTS) is 1. The molecular weight excluding hydrogens is 228 g/mol. The van der Waals surface area contributed by atoms with Crippen LogP contribution in [0.25, 0.3) is 5.69 Å². The van der Waals surface area contributed by atoms with Crippen molar-refractivity contribution in [3.8, 4) is 5.69 Å². The van der Waals surface area contributed by atoms with Crippen LogP contribution in [0.1, 0.15) is 34.5 Å². The fourth-order valence-electron chi connectivity index (χ4n) is 2.57. The van der Waals surface area contributed by atoms with Gasteiger partial charge in [-0.25, -0.2) is 9.78 Å². The number of aryl methyl sites for hydroxylation is 1. The lowest BCUT2D eigenvalue weighted by molar-refractivity contribution is 0.0691. The highest BCUT2D eigenvalue weighted by atomic mass is 16.4. The fourth-order valence-corrected chi connectivity index (χ4v) is 2.57. The van der Waals surface area contributed by atoms with Crippen LogP contribution in [0.5, 0.6) is 0 Å². The summed E-state index contributed by atoms with van der Waals surface area (Å²) in [6, 6.07) is 6.21. The van der Waals surface area contributed by atoms with E-state index in [-0.39, 0.29) is 5.69 Å². The number of hydrogen-bond donors (Lipinski definition) is 1. The van der Waals surface area contributed by atoms with Gasteiger partial charge >= 0.3 is 5.97 Å². The predicted molar refractivity (Wildman–Crippen MR) is 67.2 cm³/mol. The van der Waals surface area contributed by atoms with Crippen LogP contribution in [0.4, 0.5) is 0 Å². The molecule has 1 aliphatic rings. The summed E-state index contributed by atoms with van der Waals surface area (Å²) in [5.41, 5.74) is 3.86. The monoisotopic (exact) mass is 242 g/mol. The highest BCUT2D eigenvalue weighted by Crippen LogP contribution is 2.26. The Labute approximate surface area is 105 Å². The minimum absolute atomic E-state index is 0.0865. The van der Waals surface area contributed by atoms with E-state index in [4.69, 9.17) is 5.11 Å². The summed E-state index contributed by atoms with van der Waals surface area (Å²) in [7, 11) is 0. The number of carbonyl (C=O) groups is 1. The maximum absolute atomic E-state index is 10.9. The molecule has 0 aliphatic heterocycles. The van der Waals surface area contributed by atoms with Crippen LogP contribution < -0.4 is 0 Å². The van der Waals surface area contributed by atoms with Gasteiger partial charge in [0, 0.05) is 11.9 Å². The topological polar surface area (TPSA) is 55.1 Å². The minimum atomic E-state index is -0.987. The molecule has 1 N–H and O–H groups in total. The Morgan fingerprint density at radius 3 is 2.89 bits per heavy atom. The van der Waals surface area contributed by atoms with Crippen LogP contribution in [0.2, 0.25) is 0 Å². The van der Waals surface area contributed by atoms with E-state index in [0.29, 0.717) is 0 Å². The molecule has 0 spiro atoms. The summed E-state index contributed by atoms with van der Waals surface area (Å²) >= 11 is 0. The molecule has 92 valence electrons. The van der Waals surface area contributed by atoms with Crippen molar-refractivity contribution in [1.82, 2.24) is 9.55 Å². The molecule has 18 heavy (non-hydrogen) atoms. The number of aromatic carboxylic acids is 1. The summed E-state index contributed by atoms with van der Waals surface area (Å²) in [4.78, 5) is 14.8. The average Bonchev–Trinajstić information content (AvgIpc) is 2.87. The number of hydrogen-bond acceptors (Lipinski definition) is 2. The molecule has 3 rings (SSSR count). The summed E-state index contributed by atoms with van der Waals surface area (Å²) in [6.45, 7) is 0. The zero-order valence-electron chi connectivity index (χ0n) is 9.97. The Kier molecular flexibility index (Phi) is 2.63. The van der Waals surface area contributed by atoms with Crippen molar-refractivity contribution in [2.45, 2.75) is 25.7 Å². The maximum atomic E-state index is 10.9. The van der Waals surface area contributed by atoms with Gasteiger partial charge in [0.05, 0.1) is 0 Å². The molecule has 0 unspecified atom stereocenters. The molecule has 4 nitrogen and oxygen atoms in total. The Balaban J connectivity index is 2.08. The molecule has 0 radical (unpaired) electrons. The second kappa shape index (κ2) is 4.29. The van der Waals surface area contributed by atoms with Crippen molar-refractivity contribution < 1.29 is 9.90 Å². The summed E-state index contributed by atoms with van der Waals surface area (Å²) in [5, 5.41) is 8.91. The third-order valence-electron chi connectivity index (χ3n) is 3.45. The number of nitrogens with zero attached hydrogens (tertiary/aromatic N) is 2. The lowest BCUT2D eigenvalue weighted by Gasteiger charge is -2.19. The normalized spacial score (nSPS) is 14.2. The van der Waals surface area contributed by atoms with Crippen LogP contribution in [0.15, 0.2) is 30.7 Å². The second-order valence-corrected chi connectivity index (χ2v) is 4.59. The Morgan fingerprint density at radius 1 is 1.28 bits per heavy atom. The Morgan fingerprint density at radius 2 is 2.11 bits per heavy atom. The molecule has 1 heterocycles. The van der Waals surface area contributed by atoms with E-state index < -0.39 is 5.97 Å². The van der Waals surface area contributed by atoms with Crippen molar-refractivity contribution in [3.05, 3.63) is 47.5 Å². The van der Waals surface area contributed by atoms with Gasteiger partial charge in [0.15, 0.2) is 5.69 Å². The third kappa shape index (κ3) is 1.79. The second-order valence-electron chi connectivity index (χ2n) is 4.59. The molecule has 1 aromatic carbocycles. The molecule has 1 aromatic heterocycles. The standard InChI is InChI=1S/C14H14N2O2/c17-14(18)12-8-16(9-15-12)13-7-3-5-10-4-1-2-6-11(10)13/h3,5,7-9H,1-2,4,6H2,(H,17,18). The lowest BCUT2D eigenvalue weighted by Crippen LogP contribution is -2.07. The summed E-state index contributed by atoms with van der Waals surface area (Å²) in [6.07, 6.45) is 7.77. The van der Waals surface area contributed by atoms with E-state index in [2.05, 4.69) is 11.1 Å². The first-order valence-corrected chi connectivity index (χ1v) is 6.14. The van der Waals surface area contributed by atoms with Crippen molar-refractivity contribution in [3.63, 3.8) is 0 Å². The van der Waals surface area contributed by atoms with Crippen LogP contribution in [-0.2, 0) is 12.8 Å². The lowest BCUT2D eigenvalue weighted by atomic mass is 9.90. The Hall–Kier alpha value is -2.10. The molecule has 0 saturated carbocycles. The third-order valence-corrected chi connectivity index (χ3v) is 3.45. The zero-order chi connectivity index (χ0) is 12.5. The van der Waals surface area contributed by atoms with Crippen molar-refractivity contribution in [1.29, 1.82) is 0 Å². The summed E-state index contributed by atoms with van der Waals surface area (Å²) < 4.78 is 1.81. The molecule has 2 aromatic rings. The first-order valence-electron chi connectivity index (χ1n) is 6.14. The number of imidazole rings is 1. The van der Waals surface area contributed by atoms with E-state index in [0.717, 1.165) is 18.5 Å². The minimum Gasteiger partial charge on any atom is -0.476 e. The largest absolute Gasteiger partial charge is 0.476 e. The highest BCUT2D eigenvalue weighted by Gasteiger charge is 2.15.